The molecule has 0 unspecified atom stereocenters. The van der Waals surface area contributed by atoms with E-state index in [0.717, 1.165) is 53.1 Å². The molecule has 2 aromatic heterocycles. The van der Waals surface area contributed by atoms with Crippen LogP contribution in [0.5, 0.6) is 0 Å². The minimum Gasteiger partial charge on any atom is -0.398 e. The lowest BCUT2D eigenvalue weighted by Crippen LogP contribution is -2.16. The maximum absolute atomic E-state index is 6.03. The molecule has 108 valence electrons. The number of nitrogens with zero attached hydrogens (tertiary/aromatic N) is 4. The van der Waals surface area contributed by atoms with Crippen molar-refractivity contribution < 1.29 is 4.74 Å². The van der Waals surface area contributed by atoms with Crippen LogP contribution < -0.4 is 5.73 Å². The lowest BCUT2D eigenvalue weighted by atomic mass is 10.00. The first-order valence-electron chi connectivity index (χ1n) is 6.97. The maximum atomic E-state index is 6.03. The van der Waals surface area contributed by atoms with Gasteiger partial charge in [0.1, 0.15) is 5.01 Å². The number of nitrogen functional groups attached to an aromatic ring is 1. The van der Waals surface area contributed by atoms with Crippen molar-refractivity contribution in [2.75, 3.05) is 18.9 Å². The summed E-state index contributed by atoms with van der Waals surface area (Å²) < 4.78 is 7.27. The molecule has 0 radical (unpaired) electrons. The minimum atomic E-state index is 0.372. The molecular weight excluding hydrogens is 286 g/mol. The number of rotatable bonds is 2. The van der Waals surface area contributed by atoms with Gasteiger partial charge < -0.3 is 10.5 Å². The normalized spacial score (nSPS) is 16.6. The smallest absolute Gasteiger partial charge is 0.234 e. The van der Waals surface area contributed by atoms with Gasteiger partial charge in [0, 0.05) is 30.4 Å². The second-order valence-corrected chi connectivity index (χ2v) is 6.09. The molecule has 1 saturated heterocycles. The highest BCUT2D eigenvalue weighted by molar-refractivity contribution is 7.19. The second kappa shape index (κ2) is 5.09. The molecule has 1 aliphatic rings. The van der Waals surface area contributed by atoms with Crippen LogP contribution in [-0.2, 0) is 4.74 Å². The molecule has 0 spiro atoms. The van der Waals surface area contributed by atoms with E-state index in [1.165, 1.54) is 11.3 Å². The van der Waals surface area contributed by atoms with E-state index in [1.807, 2.05) is 28.8 Å². The summed E-state index contributed by atoms with van der Waals surface area (Å²) in [5, 5.41) is 14.1. The number of fused-ring (bicyclic) bond motifs is 1. The Bertz CT molecular complexity index is 775. The standard InChI is InChI=1S/C14H15N5OS/c15-11-4-2-1-3-10(11)13-18-19-12(16-17-14(19)21-13)9-5-7-20-8-6-9/h1-4,9H,5-8,15H2. The van der Waals surface area contributed by atoms with Crippen molar-refractivity contribution in [3.63, 3.8) is 0 Å². The lowest BCUT2D eigenvalue weighted by molar-refractivity contribution is 0.0832. The van der Waals surface area contributed by atoms with Gasteiger partial charge in [-0.3, -0.25) is 0 Å². The summed E-state index contributed by atoms with van der Waals surface area (Å²) >= 11 is 1.52. The molecule has 1 fully saturated rings. The van der Waals surface area contributed by atoms with Crippen LogP contribution in [0.15, 0.2) is 24.3 Å². The van der Waals surface area contributed by atoms with E-state index in [4.69, 9.17) is 10.5 Å². The van der Waals surface area contributed by atoms with Crippen LogP contribution in [0, 0.1) is 0 Å². The van der Waals surface area contributed by atoms with Crippen molar-refractivity contribution in [3.8, 4) is 10.6 Å². The third kappa shape index (κ3) is 2.18. The molecule has 3 heterocycles. The first kappa shape index (κ1) is 12.7. The van der Waals surface area contributed by atoms with E-state index in [2.05, 4.69) is 15.3 Å². The first-order chi connectivity index (χ1) is 10.3. The van der Waals surface area contributed by atoms with E-state index < -0.39 is 0 Å². The van der Waals surface area contributed by atoms with Crippen molar-refractivity contribution >= 4 is 22.0 Å². The molecule has 4 rings (SSSR count). The molecule has 3 aromatic rings. The summed E-state index contributed by atoms with van der Waals surface area (Å²) in [6.45, 7) is 1.56. The predicted octanol–water partition coefficient (Wildman–Crippen LogP) is 2.33. The Morgan fingerprint density at radius 2 is 2.00 bits per heavy atom. The first-order valence-corrected chi connectivity index (χ1v) is 7.79. The zero-order valence-corrected chi connectivity index (χ0v) is 12.2. The zero-order valence-electron chi connectivity index (χ0n) is 11.4. The van der Waals surface area contributed by atoms with Crippen LogP contribution in [0.25, 0.3) is 15.5 Å². The molecule has 2 N–H and O–H groups in total. The Kier molecular flexibility index (Phi) is 3.08. The van der Waals surface area contributed by atoms with E-state index in [0.29, 0.717) is 5.92 Å². The fraction of sp³-hybridized carbons (Fsp3) is 0.357. The van der Waals surface area contributed by atoms with Gasteiger partial charge in [-0.05, 0) is 25.0 Å². The van der Waals surface area contributed by atoms with Gasteiger partial charge in [0.05, 0.1) is 0 Å². The number of para-hydroxylation sites is 1. The molecule has 0 saturated carbocycles. The summed E-state index contributed by atoms with van der Waals surface area (Å²) in [4.78, 5) is 0.815. The van der Waals surface area contributed by atoms with E-state index in [9.17, 15) is 0 Å². The Hall–Kier alpha value is -1.99. The largest absolute Gasteiger partial charge is 0.398 e. The second-order valence-electron chi connectivity index (χ2n) is 5.13. The van der Waals surface area contributed by atoms with E-state index in [1.54, 1.807) is 0 Å². The summed E-state index contributed by atoms with van der Waals surface area (Å²) in [5.41, 5.74) is 7.71. The van der Waals surface area contributed by atoms with Crippen molar-refractivity contribution in [3.05, 3.63) is 30.1 Å². The maximum Gasteiger partial charge on any atom is 0.234 e. The van der Waals surface area contributed by atoms with E-state index >= 15 is 0 Å². The average molecular weight is 301 g/mol. The van der Waals surface area contributed by atoms with Gasteiger partial charge in [-0.15, -0.1) is 10.2 Å². The van der Waals surface area contributed by atoms with Crippen LogP contribution in [0.3, 0.4) is 0 Å². The Morgan fingerprint density at radius 3 is 2.81 bits per heavy atom. The topological polar surface area (TPSA) is 78.3 Å². The lowest BCUT2D eigenvalue weighted by Gasteiger charge is -2.19. The number of benzene rings is 1. The summed E-state index contributed by atoms with van der Waals surface area (Å²) in [6.07, 6.45) is 1.95. The quantitative estimate of drug-likeness (QED) is 0.735. The van der Waals surface area contributed by atoms with Crippen LogP contribution >= 0.6 is 11.3 Å². The molecule has 1 aromatic carbocycles. The number of anilines is 1. The summed E-state index contributed by atoms with van der Waals surface area (Å²) in [5.74, 6) is 1.31. The van der Waals surface area contributed by atoms with Gasteiger partial charge >= 0.3 is 0 Å². The third-order valence-corrected chi connectivity index (χ3v) is 4.72. The minimum absolute atomic E-state index is 0.372. The molecule has 0 atom stereocenters. The van der Waals surface area contributed by atoms with Crippen LogP contribution in [0.1, 0.15) is 24.6 Å². The Morgan fingerprint density at radius 1 is 1.19 bits per heavy atom. The van der Waals surface area contributed by atoms with Crippen LogP contribution in [0.2, 0.25) is 0 Å². The van der Waals surface area contributed by atoms with Gasteiger partial charge in [-0.2, -0.15) is 9.61 Å². The highest BCUT2D eigenvalue weighted by Crippen LogP contribution is 2.32. The number of hydrogen-bond acceptors (Lipinski definition) is 6. The number of aromatic nitrogens is 4. The van der Waals surface area contributed by atoms with Gasteiger partial charge in [0.25, 0.3) is 0 Å². The Labute approximate surface area is 125 Å². The van der Waals surface area contributed by atoms with Crippen molar-refractivity contribution in [1.82, 2.24) is 19.8 Å². The number of nitrogens with two attached hydrogens (primary N) is 1. The molecule has 21 heavy (non-hydrogen) atoms. The average Bonchev–Trinajstić information content (AvgIpc) is 3.08. The predicted molar refractivity (Wildman–Crippen MR) is 81.3 cm³/mol. The summed E-state index contributed by atoms with van der Waals surface area (Å²) in [7, 11) is 0. The van der Waals surface area contributed by atoms with Crippen LogP contribution in [0.4, 0.5) is 5.69 Å². The van der Waals surface area contributed by atoms with Crippen molar-refractivity contribution in [2.24, 2.45) is 0 Å². The molecule has 6 nitrogen and oxygen atoms in total. The SMILES string of the molecule is Nc1ccccc1-c1nn2c(C3CCOCC3)nnc2s1. The molecular formula is C14H15N5OS. The van der Waals surface area contributed by atoms with Crippen molar-refractivity contribution in [1.29, 1.82) is 0 Å². The van der Waals surface area contributed by atoms with Gasteiger partial charge in [-0.1, -0.05) is 23.5 Å². The monoisotopic (exact) mass is 301 g/mol. The number of ether oxygens (including phenoxy) is 1. The highest BCUT2D eigenvalue weighted by atomic mass is 32.1. The summed E-state index contributed by atoms with van der Waals surface area (Å²) in [6, 6.07) is 7.76. The molecule has 0 aliphatic carbocycles. The van der Waals surface area contributed by atoms with Gasteiger partial charge in [0.15, 0.2) is 5.82 Å². The molecule has 0 amide bonds. The Balaban J connectivity index is 1.77. The zero-order chi connectivity index (χ0) is 14.2. The van der Waals surface area contributed by atoms with Gasteiger partial charge in [-0.25, -0.2) is 0 Å². The van der Waals surface area contributed by atoms with Gasteiger partial charge in [0.2, 0.25) is 4.96 Å². The molecule has 1 aliphatic heterocycles. The molecule has 7 heteroatoms. The highest BCUT2D eigenvalue weighted by Gasteiger charge is 2.23. The van der Waals surface area contributed by atoms with Crippen molar-refractivity contribution in [2.45, 2.75) is 18.8 Å². The van der Waals surface area contributed by atoms with Crippen LogP contribution in [-0.4, -0.2) is 33.0 Å². The molecule has 0 bridgehead atoms. The number of hydrogen-bond donors (Lipinski definition) is 1. The fourth-order valence-corrected chi connectivity index (χ4v) is 3.54. The fourth-order valence-electron chi connectivity index (χ4n) is 2.64. The third-order valence-electron chi connectivity index (χ3n) is 3.79. The van der Waals surface area contributed by atoms with E-state index in [-0.39, 0.29) is 0 Å².